The van der Waals surface area contributed by atoms with Gasteiger partial charge in [0.2, 0.25) is 0 Å². The molecule has 0 saturated carbocycles. The molecule has 4 rings (SSSR count). The quantitative estimate of drug-likeness (QED) is 0.440. The molecule has 0 spiro atoms. The third-order valence-electron chi connectivity index (χ3n) is 4.97. The van der Waals surface area contributed by atoms with Gasteiger partial charge in [0.05, 0.1) is 32.2 Å². The molecule has 0 fully saturated rings. The predicted molar refractivity (Wildman–Crippen MR) is 124 cm³/mol. The molecule has 0 atom stereocenters. The largest absolute Gasteiger partial charge is 0.295 e. The highest BCUT2D eigenvalue weighted by atomic mass is 35.5. The summed E-state index contributed by atoms with van der Waals surface area (Å²) in [6.07, 6.45) is 0. The molecular formula is C23H18ClN3O4S. The number of carbonyl (C=O) groups is 1. The summed E-state index contributed by atoms with van der Waals surface area (Å²) in [4.78, 5) is 28.9. The van der Waals surface area contributed by atoms with Gasteiger partial charge in [-0.1, -0.05) is 35.9 Å². The van der Waals surface area contributed by atoms with Gasteiger partial charge in [-0.2, -0.15) is 0 Å². The lowest BCUT2D eigenvalue weighted by Gasteiger charge is -2.14. The van der Waals surface area contributed by atoms with Gasteiger partial charge in [-0.05, 0) is 56.3 Å². The van der Waals surface area contributed by atoms with Gasteiger partial charge in [0.1, 0.15) is 5.82 Å². The lowest BCUT2D eigenvalue weighted by Crippen LogP contribution is -2.22. The van der Waals surface area contributed by atoms with Crippen molar-refractivity contribution in [2.24, 2.45) is 0 Å². The molecule has 7 nitrogen and oxygen atoms in total. The maximum atomic E-state index is 13.1. The molecule has 4 aromatic rings. The highest BCUT2D eigenvalue weighted by Crippen LogP contribution is 2.28. The van der Waals surface area contributed by atoms with E-state index in [9.17, 15) is 18.0 Å². The number of nitrogens with one attached hydrogen (secondary N) is 1. The molecule has 0 radical (unpaired) electrons. The van der Waals surface area contributed by atoms with Crippen LogP contribution in [0.5, 0.6) is 0 Å². The third kappa shape index (κ3) is 4.02. The van der Waals surface area contributed by atoms with E-state index in [1.54, 1.807) is 37.3 Å². The number of rotatable bonds is 5. The Labute approximate surface area is 189 Å². The van der Waals surface area contributed by atoms with Crippen LogP contribution in [0.15, 0.2) is 76.4 Å². The first-order valence-electron chi connectivity index (χ1n) is 9.59. The average Bonchev–Trinajstić information content (AvgIpc) is 2.76. The SMILES string of the molecule is CC(=O)c1ccc(S(=O)(=O)Nc2cc(-n3c(C)nc4ccccc4c3=O)ccc2Cl)cc1. The Hall–Kier alpha value is -3.49. The number of para-hydroxylation sites is 1. The first-order chi connectivity index (χ1) is 15.2. The highest BCUT2D eigenvalue weighted by molar-refractivity contribution is 7.92. The summed E-state index contributed by atoms with van der Waals surface area (Å²) in [7, 11) is -3.98. The fourth-order valence-corrected chi connectivity index (χ4v) is 4.64. The number of hydrogen-bond donors (Lipinski definition) is 1. The number of halogens is 1. The number of hydrogen-bond acceptors (Lipinski definition) is 5. The van der Waals surface area contributed by atoms with E-state index in [1.165, 1.54) is 47.9 Å². The summed E-state index contributed by atoms with van der Waals surface area (Å²) < 4.78 is 29.6. The molecule has 1 N–H and O–H groups in total. The Morgan fingerprint density at radius 1 is 1.03 bits per heavy atom. The van der Waals surface area contributed by atoms with E-state index in [0.717, 1.165) is 0 Å². The summed E-state index contributed by atoms with van der Waals surface area (Å²) in [6.45, 7) is 3.10. The van der Waals surface area contributed by atoms with E-state index < -0.39 is 10.0 Å². The van der Waals surface area contributed by atoms with E-state index in [0.29, 0.717) is 28.0 Å². The van der Waals surface area contributed by atoms with Crippen molar-refractivity contribution >= 4 is 44.0 Å². The second kappa shape index (κ2) is 8.22. The van der Waals surface area contributed by atoms with Gasteiger partial charge in [-0.15, -0.1) is 0 Å². The Morgan fingerprint density at radius 2 is 1.72 bits per heavy atom. The van der Waals surface area contributed by atoms with Crippen molar-refractivity contribution in [3.05, 3.63) is 93.5 Å². The molecule has 0 saturated heterocycles. The Balaban J connectivity index is 1.76. The van der Waals surface area contributed by atoms with Gasteiger partial charge in [-0.25, -0.2) is 13.4 Å². The maximum Gasteiger partial charge on any atom is 0.265 e. The second-order valence-corrected chi connectivity index (χ2v) is 9.26. The summed E-state index contributed by atoms with van der Waals surface area (Å²) in [5.41, 5.74) is 1.24. The van der Waals surface area contributed by atoms with Gasteiger partial charge < -0.3 is 0 Å². The van der Waals surface area contributed by atoms with Gasteiger partial charge in [0.25, 0.3) is 15.6 Å². The van der Waals surface area contributed by atoms with Crippen LogP contribution in [0, 0.1) is 6.92 Å². The number of anilines is 1. The van der Waals surface area contributed by atoms with E-state index >= 15 is 0 Å². The lowest BCUT2D eigenvalue weighted by molar-refractivity contribution is 0.101. The Kier molecular flexibility index (Phi) is 5.58. The summed E-state index contributed by atoms with van der Waals surface area (Å²) in [5, 5.41) is 0.609. The van der Waals surface area contributed by atoms with Gasteiger partial charge in [0.15, 0.2) is 5.78 Å². The normalized spacial score (nSPS) is 11.5. The van der Waals surface area contributed by atoms with Crippen LogP contribution in [0.1, 0.15) is 23.1 Å². The highest BCUT2D eigenvalue weighted by Gasteiger charge is 2.18. The van der Waals surface area contributed by atoms with Gasteiger partial charge in [0, 0.05) is 5.56 Å². The third-order valence-corrected chi connectivity index (χ3v) is 6.68. The molecule has 0 aliphatic rings. The molecule has 0 amide bonds. The van der Waals surface area contributed by atoms with Crippen LogP contribution < -0.4 is 10.3 Å². The molecule has 0 aliphatic heterocycles. The first kappa shape index (κ1) is 21.7. The molecule has 1 aromatic heterocycles. The van der Waals surface area contributed by atoms with Crippen molar-refractivity contribution in [2.45, 2.75) is 18.7 Å². The number of Topliss-reactive ketones (excluding diaryl/α,β-unsaturated/α-hetero) is 1. The fourth-order valence-electron chi connectivity index (χ4n) is 3.35. The van der Waals surface area contributed by atoms with E-state index in [-0.39, 0.29) is 26.9 Å². The van der Waals surface area contributed by atoms with Crippen molar-refractivity contribution in [2.75, 3.05) is 4.72 Å². The molecule has 1 heterocycles. The molecular weight excluding hydrogens is 450 g/mol. The second-order valence-electron chi connectivity index (χ2n) is 7.17. The standard InChI is InChI=1S/C23H18ClN3O4S/c1-14(28)16-7-10-18(11-8-16)32(30,31)26-22-13-17(9-12-20(22)24)27-15(2)25-21-6-4-3-5-19(21)23(27)29/h3-13,26H,1-2H3. The molecule has 0 aliphatic carbocycles. The predicted octanol–water partition coefficient (Wildman–Crippen LogP) is 4.35. The monoisotopic (exact) mass is 467 g/mol. The average molecular weight is 468 g/mol. The summed E-state index contributed by atoms with van der Waals surface area (Å²) >= 11 is 6.24. The number of aromatic nitrogens is 2. The number of sulfonamides is 1. The van der Waals surface area contributed by atoms with Crippen LogP contribution in [-0.2, 0) is 10.0 Å². The molecule has 0 bridgehead atoms. The first-order valence-corrected chi connectivity index (χ1v) is 11.5. The van der Waals surface area contributed by atoms with Crippen LogP contribution in [0.3, 0.4) is 0 Å². The van der Waals surface area contributed by atoms with Crippen molar-refractivity contribution in [1.82, 2.24) is 9.55 Å². The van der Waals surface area contributed by atoms with Gasteiger partial charge >= 0.3 is 0 Å². The number of carbonyl (C=O) groups excluding carboxylic acids is 1. The number of fused-ring (bicyclic) bond motifs is 1. The van der Waals surface area contributed by atoms with Crippen LogP contribution in [-0.4, -0.2) is 23.8 Å². The minimum atomic E-state index is -3.98. The van der Waals surface area contributed by atoms with E-state index in [4.69, 9.17) is 11.6 Å². The number of ketones is 1. The van der Waals surface area contributed by atoms with Gasteiger partial charge in [-0.3, -0.25) is 18.9 Å². The maximum absolute atomic E-state index is 13.1. The summed E-state index contributed by atoms with van der Waals surface area (Å²) in [6, 6.07) is 17.2. The summed E-state index contributed by atoms with van der Waals surface area (Å²) in [5.74, 6) is 0.284. The van der Waals surface area contributed by atoms with Crippen LogP contribution in [0.25, 0.3) is 16.6 Å². The van der Waals surface area contributed by atoms with E-state index in [2.05, 4.69) is 9.71 Å². The Morgan fingerprint density at radius 3 is 2.41 bits per heavy atom. The molecule has 32 heavy (non-hydrogen) atoms. The van der Waals surface area contributed by atoms with Crippen LogP contribution in [0.2, 0.25) is 5.02 Å². The molecule has 3 aromatic carbocycles. The molecule has 162 valence electrons. The van der Waals surface area contributed by atoms with Crippen LogP contribution >= 0.6 is 11.6 Å². The smallest absolute Gasteiger partial charge is 0.265 e. The molecule has 9 heteroatoms. The zero-order chi connectivity index (χ0) is 23.0. The zero-order valence-electron chi connectivity index (χ0n) is 17.2. The van der Waals surface area contributed by atoms with Crippen molar-refractivity contribution in [3.63, 3.8) is 0 Å². The lowest BCUT2D eigenvalue weighted by atomic mass is 10.2. The van der Waals surface area contributed by atoms with Crippen molar-refractivity contribution < 1.29 is 13.2 Å². The zero-order valence-corrected chi connectivity index (χ0v) is 18.7. The fraction of sp³-hybridized carbons (Fsp3) is 0.0870. The minimum absolute atomic E-state index is 0.0234. The number of benzene rings is 3. The molecule has 0 unspecified atom stereocenters. The minimum Gasteiger partial charge on any atom is -0.295 e. The van der Waals surface area contributed by atoms with Crippen LogP contribution in [0.4, 0.5) is 5.69 Å². The Bertz CT molecular complexity index is 1530. The van der Waals surface area contributed by atoms with Crippen molar-refractivity contribution in [3.8, 4) is 5.69 Å². The van der Waals surface area contributed by atoms with E-state index in [1.807, 2.05) is 0 Å². The topological polar surface area (TPSA) is 98.1 Å². The number of nitrogens with zero attached hydrogens (tertiary/aromatic N) is 2. The number of aryl methyl sites for hydroxylation is 1. The van der Waals surface area contributed by atoms with Crippen molar-refractivity contribution in [1.29, 1.82) is 0 Å².